The highest BCUT2D eigenvalue weighted by molar-refractivity contribution is 5.96. The van der Waals surface area contributed by atoms with Gasteiger partial charge >= 0.3 is 0 Å². The van der Waals surface area contributed by atoms with Crippen molar-refractivity contribution in [1.29, 1.82) is 0 Å². The van der Waals surface area contributed by atoms with Crippen LogP contribution in [0.3, 0.4) is 0 Å². The Balaban J connectivity index is 1.32. The highest BCUT2D eigenvalue weighted by Crippen LogP contribution is 2.40. The van der Waals surface area contributed by atoms with Crippen LogP contribution in [-0.2, 0) is 0 Å². The second kappa shape index (κ2) is 9.45. The van der Waals surface area contributed by atoms with Gasteiger partial charge in [-0.15, -0.1) is 0 Å². The van der Waals surface area contributed by atoms with E-state index in [1.54, 1.807) is 0 Å². The lowest BCUT2D eigenvalue weighted by molar-refractivity contribution is 0.628. The highest BCUT2D eigenvalue weighted by Gasteiger charge is 2.18. The Labute approximate surface area is 222 Å². The van der Waals surface area contributed by atoms with E-state index < -0.39 is 0 Å². The topological polar surface area (TPSA) is 28.4 Å². The molecular formula is C35H26N2O. The molecule has 1 aliphatic heterocycles. The number of hydrogen-bond acceptors (Lipinski definition) is 3. The van der Waals surface area contributed by atoms with Crippen molar-refractivity contribution < 1.29 is 4.42 Å². The third-order valence-electron chi connectivity index (χ3n) is 7.10. The molecule has 38 heavy (non-hydrogen) atoms. The predicted molar refractivity (Wildman–Crippen MR) is 159 cm³/mol. The number of fused-ring (bicyclic) bond motifs is 3. The summed E-state index contributed by atoms with van der Waals surface area (Å²) in [4.78, 5) is 2.29. The smallest absolute Gasteiger partial charge is 0.201 e. The van der Waals surface area contributed by atoms with E-state index >= 15 is 0 Å². The van der Waals surface area contributed by atoms with E-state index in [1.807, 2.05) is 12.1 Å². The molecule has 0 atom stereocenters. The second-order valence-corrected chi connectivity index (χ2v) is 9.47. The Morgan fingerprint density at radius 3 is 1.66 bits per heavy atom. The van der Waals surface area contributed by atoms with Crippen molar-refractivity contribution in [3.63, 3.8) is 0 Å². The molecule has 182 valence electrons. The van der Waals surface area contributed by atoms with E-state index in [9.17, 15) is 0 Å². The summed E-state index contributed by atoms with van der Waals surface area (Å²) in [6.07, 6.45) is 4.26. The maximum absolute atomic E-state index is 6.22. The van der Waals surface area contributed by atoms with Crippen molar-refractivity contribution in [2.75, 3.05) is 16.8 Å². The minimum atomic E-state index is 0.785. The molecule has 5 aromatic carbocycles. The number of nitrogens with one attached hydrogen (secondary N) is 1. The molecule has 3 heteroatoms. The van der Waals surface area contributed by atoms with Crippen LogP contribution in [0.15, 0.2) is 138 Å². The van der Waals surface area contributed by atoms with Crippen molar-refractivity contribution in [1.82, 2.24) is 0 Å². The van der Waals surface area contributed by atoms with E-state index in [4.69, 9.17) is 4.42 Å². The first kappa shape index (κ1) is 22.2. The standard InChI is InChI=1S/C35H26N2O/c1-3-8-25(9-4-1)27-13-17-29(18-14-27)37(30-19-15-28(16-20-30)26-10-5-2-6-11-26)31-21-22-32-33-12-7-23-36-35(33)38-34(32)24-31/h1-22,24,36H,23H2. The zero-order valence-electron chi connectivity index (χ0n) is 20.8. The lowest BCUT2D eigenvalue weighted by atomic mass is 10.0. The summed E-state index contributed by atoms with van der Waals surface area (Å²) in [7, 11) is 0. The fourth-order valence-corrected chi connectivity index (χ4v) is 5.18. The first-order valence-electron chi connectivity index (χ1n) is 12.9. The van der Waals surface area contributed by atoms with Gasteiger partial charge in [0.05, 0.1) is 0 Å². The van der Waals surface area contributed by atoms with Gasteiger partial charge in [-0.05, 0) is 58.7 Å². The number of rotatable bonds is 5. The van der Waals surface area contributed by atoms with Crippen LogP contribution in [0.2, 0.25) is 0 Å². The number of furan rings is 1. The molecule has 0 saturated heterocycles. The van der Waals surface area contributed by atoms with Gasteiger partial charge in [-0.3, -0.25) is 0 Å². The van der Waals surface area contributed by atoms with Gasteiger partial charge in [0.2, 0.25) is 5.88 Å². The van der Waals surface area contributed by atoms with Crippen LogP contribution < -0.4 is 10.2 Å². The molecule has 0 aliphatic carbocycles. The molecule has 0 amide bonds. The average Bonchev–Trinajstić information content (AvgIpc) is 3.37. The Kier molecular flexibility index (Phi) is 5.52. The molecule has 1 aliphatic rings. The van der Waals surface area contributed by atoms with Gasteiger partial charge in [-0.25, -0.2) is 0 Å². The molecule has 0 radical (unpaired) electrons. The Bertz CT molecular complexity index is 1650. The van der Waals surface area contributed by atoms with Crippen molar-refractivity contribution in [3.8, 4) is 22.3 Å². The summed E-state index contributed by atoms with van der Waals surface area (Å²) in [5.41, 5.74) is 10.0. The third kappa shape index (κ3) is 4.04. The number of hydrogen-bond donors (Lipinski definition) is 1. The molecule has 0 unspecified atom stereocenters. The summed E-state index contributed by atoms with van der Waals surface area (Å²) in [5.74, 6) is 0.839. The second-order valence-electron chi connectivity index (χ2n) is 9.47. The summed E-state index contributed by atoms with van der Waals surface area (Å²) in [6, 6.07) is 45.0. The summed E-state index contributed by atoms with van der Waals surface area (Å²) < 4.78 is 6.22. The van der Waals surface area contributed by atoms with E-state index in [-0.39, 0.29) is 0 Å². The number of anilines is 4. The molecule has 1 aromatic heterocycles. The molecule has 0 fully saturated rings. The first-order valence-corrected chi connectivity index (χ1v) is 12.9. The van der Waals surface area contributed by atoms with E-state index in [1.165, 1.54) is 22.3 Å². The van der Waals surface area contributed by atoms with Gasteiger partial charge in [-0.2, -0.15) is 0 Å². The molecule has 2 heterocycles. The van der Waals surface area contributed by atoms with Gasteiger partial charge in [0.15, 0.2) is 0 Å². The molecule has 6 aromatic rings. The molecule has 7 rings (SSSR count). The third-order valence-corrected chi connectivity index (χ3v) is 7.10. The SMILES string of the molecule is C1=Cc2c(oc3cc(N(c4ccc(-c5ccccc5)cc4)c4ccc(-c5ccccc5)cc4)ccc23)NC1. The zero-order chi connectivity index (χ0) is 25.3. The Morgan fingerprint density at radius 2 is 1.08 bits per heavy atom. The van der Waals surface area contributed by atoms with Crippen molar-refractivity contribution in [2.24, 2.45) is 0 Å². The van der Waals surface area contributed by atoms with Crippen LogP contribution in [0.25, 0.3) is 39.3 Å². The van der Waals surface area contributed by atoms with Gasteiger partial charge in [-0.1, -0.05) is 97.1 Å². The fourth-order valence-electron chi connectivity index (χ4n) is 5.18. The Hall–Kier alpha value is -5.02. The minimum Gasteiger partial charge on any atom is -0.440 e. The van der Waals surface area contributed by atoms with Crippen LogP contribution in [0.1, 0.15) is 5.56 Å². The van der Waals surface area contributed by atoms with Crippen LogP contribution in [0.4, 0.5) is 22.9 Å². The molecule has 3 nitrogen and oxygen atoms in total. The summed E-state index contributed by atoms with van der Waals surface area (Å²) in [5, 5.41) is 4.46. The van der Waals surface area contributed by atoms with Crippen LogP contribution in [0.5, 0.6) is 0 Å². The molecule has 1 N–H and O–H groups in total. The van der Waals surface area contributed by atoms with Crippen molar-refractivity contribution in [2.45, 2.75) is 0 Å². The van der Waals surface area contributed by atoms with Crippen LogP contribution in [0, 0.1) is 0 Å². The van der Waals surface area contributed by atoms with Crippen LogP contribution >= 0.6 is 0 Å². The molecule has 0 spiro atoms. The summed E-state index contributed by atoms with van der Waals surface area (Å²) >= 11 is 0. The van der Waals surface area contributed by atoms with Gasteiger partial charge in [0.25, 0.3) is 0 Å². The fraction of sp³-hybridized carbons (Fsp3) is 0.0286. The van der Waals surface area contributed by atoms with Crippen LogP contribution in [-0.4, -0.2) is 6.54 Å². The largest absolute Gasteiger partial charge is 0.440 e. The molecule has 0 saturated carbocycles. The quantitative estimate of drug-likeness (QED) is 0.261. The van der Waals surface area contributed by atoms with Gasteiger partial charge in [0.1, 0.15) is 5.58 Å². The van der Waals surface area contributed by atoms with Crippen molar-refractivity contribution >= 4 is 40.0 Å². The van der Waals surface area contributed by atoms with Crippen molar-refractivity contribution in [3.05, 3.63) is 139 Å². The predicted octanol–water partition coefficient (Wildman–Crippen LogP) is 9.68. The van der Waals surface area contributed by atoms with E-state index in [0.29, 0.717) is 0 Å². The highest BCUT2D eigenvalue weighted by atomic mass is 16.3. The maximum atomic E-state index is 6.22. The number of nitrogens with zero attached hydrogens (tertiary/aromatic N) is 1. The van der Waals surface area contributed by atoms with Gasteiger partial charge in [0, 0.05) is 40.6 Å². The Morgan fingerprint density at radius 1 is 0.553 bits per heavy atom. The zero-order valence-corrected chi connectivity index (χ0v) is 20.8. The number of benzene rings is 5. The minimum absolute atomic E-state index is 0.785. The first-order chi connectivity index (χ1) is 18.8. The van der Waals surface area contributed by atoms with Gasteiger partial charge < -0.3 is 14.6 Å². The van der Waals surface area contributed by atoms with E-state index in [0.717, 1.165) is 46.0 Å². The monoisotopic (exact) mass is 490 g/mol. The average molecular weight is 491 g/mol. The summed E-state index contributed by atoms with van der Waals surface area (Å²) in [6.45, 7) is 0.785. The maximum Gasteiger partial charge on any atom is 0.201 e. The molecule has 0 bridgehead atoms. The normalized spacial score (nSPS) is 12.2. The lowest BCUT2D eigenvalue weighted by Gasteiger charge is -2.26. The molecular weight excluding hydrogens is 464 g/mol. The van der Waals surface area contributed by atoms with E-state index in [2.05, 4.69) is 138 Å². The lowest BCUT2D eigenvalue weighted by Crippen LogP contribution is -2.09.